The van der Waals surface area contributed by atoms with E-state index in [9.17, 15) is 22.0 Å². The first-order chi connectivity index (χ1) is 9.31. The normalized spacial score (nSPS) is 12.6. The van der Waals surface area contributed by atoms with E-state index in [1.807, 2.05) is 0 Å². The lowest BCUT2D eigenvalue weighted by Gasteiger charge is -2.14. The van der Waals surface area contributed by atoms with Gasteiger partial charge in [0.15, 0.2) is 0 Å². The van der Waals surface area contributed by atoms with Crippen LogP contribution in [0.2, 0.25) is 0 Å². The molecule has 0 saturated carbocycles. The Balaban J connectivity index is 2.57. The molecule has 0 saturated heterocycles. The highest BCUT2D eigenvalue weighted by molar-refractivity contribution is 9.09. The summed E-state index contributed by atoms with van der Waals surface area (Å²) in [6.45, 7) is 1.37. The summed E-state index contributed by atoms with van der Waals surface area (Å²) in [7, 11) is 0. The van der Waals surface area contributed by atoms with Gasteiger partial charge in [0.2, 0.25) is 0 Å². The van der Waals surface area contributed by atoms with Crippen LogP contribution >= 0.6 is 15.9 Å². The van der Waals surface area contributed by atoms with Gasteiger partial charge in [0, 0.05) is 23.3 Å². The molecule has 2 rings (SSSR count). The van der Waals surface area contributed by atoms with E-state index in [1.165, 1.54) is 6.92 Å². The smallest absolute Gasteiger partial charge is 0.133 e. The maximum atomic E-state index is 13.8. The molecule has 0 radical (unpaired) electrons. The predicted octanol–water partition coefficient (Wildman–Crippen LogP) is 5.17. The van der Waals surface area contributed by atoms with Crippen molar-refractivity contribution >= 4 is 15.9 Å². The fourth-order valence-electron chi connectivity index (χ4n) is 1.81. The van der Waals surface area contributed by atoms with Gasteiger partial charge in [-0.05, 0) is 24.6 Å². The molecule has 1 unspecified atom stereocenters. The van der Waals surface area contributed by atoms with E-state index >= 15 is 0 Å². The lowest BCUT2D eigenvalue weighted by atomic mass is 10.0. The van der Waals surface area contributed by atoms with Gasteiger partial charge in [0.25, 0.3) is 0 Å². The summed E-state index contributed by atoms with van der Waals surface area (Å²) >= 11 is 2.92. The van der Waals surface area contributed by atoms with Crippen molar-refractivity contribution in [1.82, 2.24) is 0 Å². The van der Waals surface area contributed by atoms with Crippen molar-refractivity contribution in [1.29, 1.82) is 0 Å². The van der Waals surface area contributed by atoms with Crippen LogP contribution in [0.5, 0.6) is 0 Å². The number of rotatable bonds is 2. The van der Waals surface area contributed by atoms with E-state index in [2.05, 4.69) is 15.9 Å². The topological polar surface area (TPSA) is 0 Å². The third kappa shape index (κ3) is 2.70. The van der Waals surface area contributed by atoms with Gasteiger partial charge in [0.1, 0.15) is 29.1 Å². The molecule has 0 N–H and O–H groups in total. The van der Waals surface area contributed by atoms with Crippen LogP contribution in [0.15, 0.2) is 24.3 Å². The number of alkyl halides is 1. The fourth-order valence-corrected chi connectivity index (χ4v) is 2.60. The van der Waals surface area contributed by atoms with Crippen LogP contribution in [-0.4, -0.2) is 0 Å². The molecule has 0 aromatic heterocycles. The van der Waals surface area contributed by atoms with Gasteiger partial charge in [0.05, 0.1) is 4.83 Å². The molecule has 106 valence electrons. The molecule has 0 bridgehead atoms. The molecule has 2 aromatic carbocycles. The van der Waals surface area contributed by atoms with Gasteiger partial charge >= 0.3 is 0 Å². The molecular formula is C14H8BrF5. The minimum atomic E-state index is -1.27. The SMILES string of the molecule is Cc1cc(F)c(C(Br)c2c(F)cc(F)cc2F)cc1F. The minimum absolute atomic E-state index is 0.0750. The standard InChI is InChI=1S/C14H8BrF5/c1-6-2-10(18)8(5-9(6)17)14(15)13-11(19)3-7(16)4-12(13)20/h2-5,14H,1H3. The first kappa shape index (κ1) is 15.0. The highest BCUT2D eigenvalue weighted by Gasteiger charge is 2.24. The third-order valence-corrected chi connectivity index (χ3v) is 3.80. The molecule has 1 atom stereocenters. The minimum Gasteiger partial charge on any atom is -0.207 e. The highest BCUT2D eigenvalue weighted by Crippen LogP contribution is 2.36. The number of hydrogen-bond donors (Lipinski definition) is 0. The molecule has 0 heterocycles. The molecule has 0 aliphatic carbocycles. The summed E-state index contributed by atoms with van der Waals surface area (Å²) < 4.78 is 67.4. The number of halogens is 6. The Morgan fingerprint density at radius 3 is 1.90 bits per heavy atom. The second-order valence-electron chi connectivity index (χ2n) is 4.27. The molecule has 0 nitrogen and oxygen atoms in total. The van der Waals surface area contributed by atoms with Gasteiger partial charge in [-0.1, -0.05) is 15.9 Å². The molecule has 2 aromatic rings. The van der Waals surface area contributed by atoms with Crippen LogP contribution in [0, 0.1) is 36.0 Å². The summed E-state index contributed by atoms with van der Waals surface area (Å²) in [5, 5.41) is 0. The quantitative estimate of drug-likeness (QED) is 0.517. The molecule has 6 heteroatoms. The van der Waals surface area contributed by atoms with Crippen LogP contribution < -0.4 is 0 Å². The number of benzene rings is 2. The summed E-state index contributed by atoms with van der Waals surface area (Å²) in [6, 6.07) is 2.74. The average molecular weight is 351 g/mol. The van der Waals surface area contributed by atoms with E-state index in [1.54, 1.807) is 0 Å². The molecule has 0 spiro atoms. The third-order valence-electron chi connectivity index (χ3n) is 2.85. The second-order valence-corrected chi connectivity index (χ2v) is 5.18. The summed E-state index contributed by atoms with van der Waals surface area (Å²) in [5.41, 5.74) is -0.767. The van der Waals surface area contributed by atoms with Crippen LogP contribution in [0.1, 0.15) is 21.5 Å². The molecule has 0 amide bonds. The highest BCUT2D eigenvalue weighted by atomic mass is 79.9. The summed E-state index contributed by atoms with van der Waals surface area (Å²) in [6.07, 6.45) is 0. The molecule has 0 fully saturated rings. The van der Waals surface area contributed by atoms with Gasteiger partial charge in [-0.25, -0.2) is 22.0 Å². The Morgan fingerprint density at radius 2 is 1.35 bits per heavy atom. The number of hydrogen-bond acceptors (Lipinski definition) is 0. The second kappa shape index (κ2) is 5.52. The first-order valence-electron chi connectivity index (χ1n) is 5.55. The molecule has 0 aliphatic heterocycles. The van der Waals surface area contributed by atoms with Gasteiger partial charge in [-0.3, -0.25) is 0 Å². The first-order valence-corrected chi connectivity index (χ1v) is 6.47. The molecular weight excluding hydrogens is 343 g/mol. The predicted molar refractivity (Wildman–Crippen MR) is 68.2 cm³/mol. The van der Waals surface area contributed by atoms with E-state index in [0.717, 1.165) is 12.1 Å². The van der Waals surface area contributed by atoms with Crippen molar-refractivity contribution in [3.63, 3.8) is 0 Å². The van der Waals surface area contributed by atoms with E-state index < -0.39 is 39.5 Å². The maximum Gasteiger partial charge on any atom is 0.133 e. The van der Waals surface area contributed by atoms with Crippen molar-refractivity contribution in [3.05, 3.63) is 70.0 Å². The molecule has 20 heavy (non-hydrogen) atoms. The largest absolute Gasteiger partial charge is 0.207 e. The Kier molecular flexibility index (Phi) is 4.13. The van der Waals surface area contributed by atoms with Crippen LogP contribution in [-0.2, 0) is 0 Å². The van der Waals surface area contributed by atoms with E-state index in [0.29, 0.717) is 12.1 Å². The maximum absolute atomic E-state index is 13.8. The van der Waals surface area contributed by atoms with E-state index in [-0.39, 0.29) is 11.1 Å². The van der Waals surface area contributed by atoms with Crippen LogP contribution in [0.4, 0.5) is 22.0 Å². The zero-order valence-corrected chi connectivity index (χ0v) is 11.7. The number of aryl methyl sites for hydroxylation is 1. The van der Waals surface area contributed by atoms with Gasteiger partial charge in [-0.2, -0.15) is 0 Å². The molecule has 0 aliphatic rings. The zero-order valence-electron chi connectivity index (χ0n) is 10.2. The summed E-state index contributed by atoms with van der Waals surface area (Å²) in [4.78, 5) is -1.27. The lowest BCUT2D eigenvalue weighted by molar-refractivity contribution is 0.523. The van der Waals surface area contributed by atoms with Crippen LogP contribution in [0.3, 0.4) is 0 Å². The summed E-state index contributed by atoms with van der Waals surface area (Å²) in [5.74, 6) is -4.95. The Morgan fingerprint density at radius 1 is 0.800 bits per heavy atom. The zero-order chi connectivity index (χ0) is 15.0. The van der Waals surface area contributed by atoms with Crippen LogP contribution in [0.25, 0.3) is 0 Å². The Hall–Kier alpha value is -1.43. The van der Waals surface area contributed by atoms with E-state index in [4.69, 9.17) is 0 Å². The Bertz CT molecular complexity index is 646. The fraction of sp³-hybridized carbons (Fsp3) is 0.143. The Labute approximate surface area is 120 Å². The van der Waals surface area contributed by atoms with Crippen molar-refractivity contribution in [2.24, 2.45) is 0 Å². The monoisotopic (exact) mass is 350 g/mol. The van der Waals surface area contributed by atoms with Crippen molar-refractivity contribution in [3.8, 4) is 0 Å². The van der Waals surface area contributed by atoms with Crippen molar-refractivity contribution in [2.45, 2.75) is 11.8 Å². The van der Waals surface area contributed by atoms with Gasteiger partial charge in [-0.15, -0.1) is 0 Å². The lowest BCUT2D eigenvalue weighted by Crippen LogP contribution is -2.05. The average Bonchev–Trinajstić information content (AvgIpc) is 2.32. The van der Waals surface area contributed by atoms with Crippen molar-refractivity contribution < 1.29 is 22.0 Å². The van der Waals surface area contributed by atoms with Gasteiger partial charge < -0.3 is 0 Å². The van der Waals surface area contributed by atoms with Crippen molar-refractivity contribution in [2.75, 3.05) is 0 Å².